The van der Waals surface area contributed by atoms with Crippen molar-refractivity contribution in [3.05, 3.63) is 60.2 Å². The number of aliphatic hydroxyl groups excluding tert-OH is 1. The molecule has 2 aromatic heterocycles. The Labute approximate surface area is 149 Å². The molecule has 4 aromatic rings. The van der Waals surface area contributed by atoms with E-state index in [1.54, 1.807) is 9.48 Å². The Morgan fingerprint density at radius 2 is 1.85 bits per heavy atom. The van der Waals surface area contributed by atoms with Gasteiger partial charge in [-0.1, -0.05) is 18.2 Å². The lowest BCUT2D eigenvalue weighted by Crippen LogP contribution is -2.08. The first kappa shape index (κ1) is 16.2. The highest BCUT2D eigenvalue weighted by molar-refractivity contribution is 5.73. The van der Waals surface area contributed by atoms with Gasteiger partial charge in [0.1, 0.15) is 35.4 Å². The molecule has 8 heteroatoms. The summed E-state index contributed by atoms with van der Waals surface area (Å²) < 4.78 is 7.63. The van der Waals surface area contributed by atoms with Crippen LogP contribution in [0.4, 0.5) is 0 Å². The van der Waals surface area contributed by atoms with Crippen LogP contribution in [0, 0.1) is 0 Å². The molecule has 8 nitrogen and oxygen atoms in total. The van der Waals surface area contributed by atoms with Crippen molar-refractivity contribution in [2.45, 2.75) is 13.0 Å². The molecule has 0 bridgehead atoms. The van der Waals surface area contributed by atoms with Gasteiger partial charge in [-0.2, -0.15) is 5.10 Å². The van der Waals surface area contributed by atoms with Gasteiger partial charge in [-0.05, 0) is 36.2 Å². The summed E-state index contributed by atoms with van der Waals surface area (Å²) in [5, 5.41) is 22.4. The fraction of sp³-hybridized carbons (Fsp3) is 0.222. The minimum Gasteiger partial charge on any atom is -0.483 e. The highest BCUT2D eigenvalue weighted by atomic mass is 16.5. The maximum atomic E-state index is 9.24. The Bertz CT molecular complexity index is 1010. The van der Waals surface area contributed by atoms with Crippen molar-refractivity contribution in [2.24, 2.45) is 7.05 Å². The second-order valence-electron chi connectivity index (χ2n) is 5.84. The molecule has 0 aliphatic heterocycles. The summed E-state index contributed by atoms with van der Waals surface area (Å²) in [5.74, 6) is 1.35. The number of hydrogen-bond donors (Lipinski definition) is 1. The number of ether oxygens (including phenoxy) is 1. The van der Waals surface area contributed by atoms with Gasteiger partial charge in [-0.15, -0.1) is 15.0 Å². The van der Waals surface area contributed by atoms with E-state index in [1.165, 1.54) is 6.33 Å². The first-order chi connectivity index (χ1) is 12.7. The number of aliphatic hydroxyl groups is 1. The third-order valence-electron chi connectivity index (χ3n) is 4.09. The summed E-state index contributed by atoms with van der Waals surface area (Å²) in [6.45, 7) is 0.358. The molecule has 0 saturated heterocycles. The molecule has 26 heavy (non-hydrogen) atoms. The van der Waals surface area contributed by atoms with E-state index in [0.717, 1.165) is 16.6 Å². The van der Waals surface area contributed by atoms with Gasteiger partial charge in [0, 0.05) is 13.7 Å². The van der Waals surface area contributed by atoms with E-state index in [9.17, 15) is 5.11 Å². The number of rotatable bonds is 6. The molecule has 0 radical (unpaired) electrons. The van der Waals surface area contributed by atoms with Crippen LogP contribution in [0.2, 0.25) is 0 Å². The summed E-state index contributed by atoms with van der Waals surface area (Å²) in [4.78, 5) is 5.74. The molecule has 4 rings (SSSR count). The number of aryl methyl sites for hydroxylation is 1. The first-order valence-electron chi connectivity index (χ1n) is 8.26. The third kappa shape index (κ3) is 3.14. The number of aromatic nitrogens is 6. The van der Waals surface area contributed by atoms with Gasteiger partial charge < -0.3 is 9.84 Å². The summed E-state index contributed by atoms with van der Waals surface area (Å²) in [6, 6.07) is 13.4. The molecule has 2 heterocycles. The summed E-state index contributed by atoms with van der Waals surface area (Å²) >= 11 is 0. The van der Waals surface area contributed by atoms with Crippen molar-refractivity contribution >= 4 is 11.0 Å². The topological polar surface area (TPSA) is 90.9 Å². The van der Waals surface area contributed by atoms with Crippen LogP contribution in [-0.4, -0.2) is 41.5 Å². The van der Waals surface area contributed by atoms with E-state index in [0.29, 0.717) is 23.7 Å². The maximum Gasteiger partial charge on any atom is 0.164 e. The molecule has 2 aromatic carbocycles. The van der Waals surface area contributed by atoms with Crippen LogP contribution < -0.4 is 4.74 Å². The minimum atomic E-state index is 0.0765. The maximum absolute atomic E-state index is 9.24. The van der Waals surface area contributed by atoms with Gasteiger partial charge in [0.25, 0.3) is 0 Å². The van der Waals surface area contributed by atoms with Gasteiger partial charge in [-0.3, -0.25) is 4.68 Å². The van der Waals surface area contributed by atoms with Crippen LogP contribution in [0.25, 0.3) is 16.7 Å². The summed E-state index contributed by atoms with van der Waals surface area (Å²) in [5.41, 5.74) is 3.31. The van der Waals surface area contributed by atoms with Crippen LogP contribution in [0.5, 0.6) is 5.75 Å². The molecule has 0 saturated carbocycles. The van der Waals surface area contributed by atoms with Gasteiger partial charge in [0.2, 0.25) is 0 Å². The number of nitrogens with zero attached hydrogens (tertiary/aromatic N) is 6. The zero-order valence-electron chi connectivity index (χ0n) is 14.3. The first-order valence-corrected chi connectivity index (χ1v) is 8.26. The Hall–Kier alpha value is -3.26. The lowest BCUT2D eigenvalue weighted by molar-refractivity contribution is 0.287. The Morgan fingerprint density at radius 3 is 2.50 bits per heavy atom. The fourth-order valence-electron chi connectivity index (χ4n) is 2.69. The third-order valence-corrected chi connectivity index (χ3v) is 4.09. The number of hydrogen-bond acceptors (Lipinski definition) is 6. The zero-order valence-corrected chi connectivity index (χ0v) is 14.3. The van der Waals surface area contributed by atoms with Gasteiger partial charge in [-0.25, -0.2) is 4.98 Å². The predicted molar refractivity (Wildman–Crippen MR) is 95.0 cm³/mol. The minimum absolute atomic E-state index is 0.0765. The molecule has 132 valence electrons. The van der Waals surface area contributed by atoms with Gasteiger partial charge in [0.15, 0.2) is 5.82 Å². The largest absolute Gasteiger partial charge is 0.483 e. The average molecular weight is 350 g/mol. The Balaban J connectivity index is 1.72. The standard InChI is InChI=1S/C18H18N6O2/c1-23-18(19-12-20-23)11-26-17-7-6-13(8-9-25)10-16(17)24-21-14-4-2-3-5-15(14)22-24/h2-7,10,12,25H,8-9,11H2,1H3. The molecular formula is C18H18N6O2. The van der Waals surface area contributed by atoms with Crippen LogP contribution in [0.15, 0.2) is 48.8 Å². The van der Waals surface area contributed by atoms with Gasteiger partial charge in [0.05, 0.1) is 0 Å². The van der Waals surface area contributed by atoms with Crippen LogP contribution in [0.3, 0.4) is 0 Å². The van der Waals surface area contributed by atoms with Crippen molar-refractivity contribution in [1.82, 2.24) is 29.8 Å². The predicted octanol–water partition coefficient (Wildman–Crippen LogP) is 1.66. The molecule has 0 aliphatic rings. The van der Waals surface area contributed by atoms with E-state index in [-0.39, 0.29) is 13.2 Å². The van der Waals surface area contributed by atoms with Crippen LogP contribution in [-0.2, 0) is 20.1 Å². The van der Waals surface area contributed by atoms with E-state index in [1.807, 2.05) is 49.5 Å². The van der Waals surface area contributed by atoms with Crippen LogP contribution >= 0.6 is 0 Å². The van der Waals surface area contributed by atoms with Gasteiger partial charge >= 0.3 is 0 Å². The molecule has 1 N–H and O–H groups in total. The fourth-order valence-corrected chi connectivity index (χ4v) is 2.69. The van der Waals surface area contributed by atoms with Crippen LogP contribution in [0.1, 0.15) is 11.4 Å². The summed E-state index contributed by atoms with van der Waals surface area (Å²) in [7, 11) is 1.82. The molecule has 0 fully saturated rings. The molecular weight excluding hydrogens is 332 g/mol. The normalized spacial score (nSPS) is 11.2. The molecule has 0 unspecified atom stereocenters. The van der Waals surface area contributed by atoms with Crippen molar-refractivity contribution in [1.29, 1.82) is 0 Å². The van der Waals surface area contributed by atoms with E-state index in [4.69, 9.17) is 4.74 Å². The molecule has 0 amide bonds. The number of fused-ring (bicyclic) bond motifs is 1. The van der Waals surface area contributed by atoms with E-state index in [2.05, 4.69) is 20.3 Å². The lowest BCUT2D eigenvalue weighted by atomic mass is 10.1. The van der Waals surface area contributed by atoms with Crippen molar-refractivity contribution in [3.63, 3.8) is 0 Å². The van der Waals surface area contributed by atoms with E-state index < -0.39 is 0 Å². The monoisotopic (exact) mass is 350 g/mol. The summed E-state index contributed by atoms with van der Waals surface area (Å²) in [6.07, 6.45) is 2.04. The lowest BCUT2D eigenvalue weighted by Gasteiger charge is -2.12. The highest BCUT2D eigenvalue weighted by Crippen LogP contribution is 2.25. The second-order valence-corrected chi connectivity index (χ2v) is 5.84. The zero-order chi connectivity index (χ0) is 17.9. The second kappa shape index (κ2) is 6.93. The molecule has 0 spiro atoms. The smallest absolute Gasteiger partial charge is 0.164 e. The van der Waals surface area contributed by atoms with E-state index >= 15 is 0 Å². The van der Waals surface area contributed by atoms with Crippen molar-refractivity contribution < 1.29 is 9.84 Å². The SMILES string of the molecule is Cn1ncnc1COc1ccc(CCO)cc1-n1nc2ccccc2n1. The Kier molecular flexibility index (Phi) is 4.32. The number of benzene rings is 2. The molecule has 0 aliphatic carbocycles. The van der Waals surface area contributed by atoms with Crippen molar-refractivity contribution in [3.8, 4) is 11.4 Å². The highest BCUT2D eigenvalue weighted by Gasteiger charge is 2.13. The Morgan fingerprint density at radius 1 is 1.08 bits per heavy atom. The molecule has 0 atom stereocenters. The van der Waals surface area contributed by atoms with Crippen molar-refractivity contribution in [2.75, 3.05) is 6.61 Å². The quantitative estimate of drug-likeness (QED) is 0.569. The average Bonchev–Trinajstić information content (AvgIpc) is 3.26.